The molecule has 1 rings (SSSR count). The van der Waals surface area contributed by atoms with Crippen LogP contribution in [0.1, 0.15) is 24.2 Å². The van der Waals surface area contributed by atoms with Crippen LogP contribution in [0.5, 0.6) is 0 Å². The minimum absolute atomic E-state index is 0.0443. The largest absolute Gasteiger partial charge is 0.369 e. The van der Waals surface area contributed by atoms with Crippen molar-refractivity contribution in [3.05, 3.63) is 35.4 Å². The molecule has 1 atom stereocenters. The first-order valence-corrected chi connectivity index (χ1v) is 4.22. The maximum absolute atomic E-state index is 11.1. The molecule has 0 radical (unpaired) electrons. The smallest absolute Gasteiger partial charge is 0.163 e. The van der Waals surface area contributed by atoms with E-state index in [1.54, 1.807) is 24.3 Å². The van der Waals surface area contributed by atoms with Crippen molar-refractivity contribution in [3.63, 3.8) is 0 Å². The maximum Gasteiger partial charge on any atom is 0.163 e. The Hall–Kier alpha value is -1.66. The van der Waals surface area contributed by atoms with Crippen LogP contribution >= 0.6 is 0 Å². The quantitative estimate of drug-likeness (QED) is 0.728. The lowest BCUT2D eigenvalue weighted by molar-refractivity contribution is -0.126. The lowest BCUT2D eigenvalue weighted by atomic mass is 10.0. The van der Waals surface area contributed by atoms with E-state index < -0.39 is 6.10 Å². The van der Waals surface area contributed by atoms with Crippen molar-refractivity contribution in [1.82, 2.24) is 0 Å². The molecule has 0 spiro atoms. The van der Waals surface area contributed by atoms with Crippen LogP contribution in [0.4, 0.5) is 0 Å². The topological polar surface area (TPSA) is 50.1 Å². The van der Waals surface area contributed by atoms with Gasteiger partial charge >= 0.3 is 0 Å². The van der Waals surface area contributed by atoms with Gasteiger partial charge in [0.25, 0.3) is 0 Å². The summed E-state index contributed by atoms with van der Waals surface area (Å²) in [5, 5.41) is 8.59. The molecular weight excluding hydrogens is 178 g/mol. The number of carbonyl (C=O) groups excluding carboxylic acids is 1. The van der Waals surface area contributed by atoms with Crippen LogP contribution in [0.25, 0.3) is 0 Å². The molecule has 0 aliphatic rings. The first-order chi connectivity index (χ1) is 6.69. The van der Waals surface area contributed by atoms with Crippen LogP contribution in [0.3, 0.4) is 0 Å². The highest BCUT2D eigenvalue weighted by atomic mass is 16.5. The van der Waals surface area contributed by atoms with Gasteiger partial charge in [0, 0.05) is 7.11 Å². The summed E-state index contributed by atoms with van der Waals surface area (Å²) in [5.41, 5.74) is 1.35. The molecule has 0 aromatic heterocycles. The highest BCUT2D eigenvalue weighted by Gasteiger charge is 2.14. The van der Waals surface area contributed by atoms with Crippen molar-refractivity contribution < 1.29 is 9.53 Å². The van der Waals surface area contributed by atoms with E-state index in [0.29, 0.717) is 5.56 Å². The second-order valence-corrected chi connectivity index (χ2v) is 2.96. The standard InChI is InChI=1S/C11H11NO2/c1-8(13)11(14-2)10-5-3-9(7-12)4-6-10/h3-6,11H,1-2H3. The molecule has 1 aromatic rings. The number of rotatable bonds is 3. The minimum atomic E-state index is -0.525. The van der Waals surface area contributed by atoms with E-state index >= 15 is 0 Å². The van der Waals surface area contributed by atoms with Gasteiger partial charge in [-0.3, -0.25) is 4.79 Å². The molecular formula is C11H11NO2. The summed E-state index contributed by atoms with van der Waals surface area (Å²) in [5.74, 6) is -0.0443. The third-order valence-electron chi connectivity index (χ3n) is 1.95. The number of hydrogen-bond donors (Lipinski definition) is 0. The minimum Gasteiger partial charge on any atom is -0.369 e. The molecule has 0 saturated carbocycles. The number of benzene rings is 1. The van der Waals surface area contributed by atoms with E-state index in [1.807, 2.05) is 6.07 Å². The molecule has 3 nitrogen and oxygen atoms in total. The molecule has 72 valence electrons. The number of methoxy groups -OCH3 is 1. The first-order valence-electron chi connectivity index (χ1n) is 4.22. The van der Waals surface area contributed by atoms with Gasteiger partial charge in [-0.1, -0.05) is 12.1 Å². The second kappa shape index (κ2) is 4.54. The zero-order valence-corrected chi connectivity index (χ0v) is 8.15. The van der Waals surface area contributed by atoms with E-state index in [4.69, 9.17) is 10.00 Å². The Morgan fingerprint density at radius 1 is 1.43 bits per heavy atom. The Bertz CT molecular complexity index is 362. The SMILES string of the molecule is COC(C(C)=O)c1ccc(C#N)cc1. The summed E-state index contributed by atoms with van der Waals surface area (Å²) in [4.78, 5) is 11.1. The maximum atomic E-state index is 11.1. The number of nitrogens with zero attached hydrogens (tertiary/aromatic N) is 1. The van der Waals surface area contributed by atoms with Gasteiger partial charge in [-0.2, -0.15) is 5.26 Å². The van der Waals surface area contributed by atoms with Crippen LogP contribution in [-0.2, 0) is 9.53 Å². The van der Waals surface area contributed by atoms with Crippen LogP contribution in [-0.4, -0.2) is 12.9 Å². The molecule has 0 N–H and O–H groups in total. The predicted octanol–water partition coefficient (Wildman–Crippen LogP) is 1.83. The first kappa shape index (κ1) is 10.4. The molecule has 1 aromatic carbocycles. The number of carbonyl (C=O) groups is 1. The van der Waals surface area contributed by atoms with E-state index in [9.17, 15) is 4.79 Å². The zero-order chi connectivity index (χ0) is 10.6. The lowest BCUT2D eigenvalue weighted by Crippen LogP contribution is -2.10. The number of ether oxygens (including phenoxy) is 1. The molecule has 3 heteroatoms. The number of ketones is 1. The fourth-order valence-electron chi connectivity index (χ4n) is 1.27. The molecule has 0 aliphatic heterocycles. The van der Waals surface area contributed by atoms with Crippen LogP contribution in [0.2, 0.25) is 0 Å². The fourth-order valence-corrected chi connectivity index (χ4v) is 1.27. The van der Waals surface area contributed by atoms with Gasteiger partial charge in [0.15, 0.2) is 5.78 Å². The molecule has 0 heterocycles. The second-order valence-electron chi connectivity index (χ2n) is 2.96. The van der Waals surface area contributed by atoms with Gasteiger partial charge in [-0.05, 0) is 24.6 Å². The Labute approximate surface area is 82.9 Å². The highest BCUT2D eigenvalue weighted by Crippen LogP contribution is 2.17. The monoisotopic (exact) mass is 189 g/mol. The van der Waals surface area contributed by atoms with Crippen molar-refractivity contribution in [2.24, 2.45) is 0 Å². The predicted molar refractivity (Wildman–Crippen MR) is 51.6 cm³/mol. The highest BCUT2D eigenvalue weighted by molar-refractivity contribution is 5.81. The third-order valence-corrected chi connectivity index (χ3v) is 1.95. The normalized spacial score (nSPS) is 11.8. The number of nitriles is 1. The lowest BCUT2D eigenvalue weighted by Gasteiger charge is -2.11. The van der Waals surface area contributed by atoms with Crippen LogP contribution in [0.15, 0.2) is 24.3 Å². The molecule has 0 saturated heterocycles. The van der Waals surface area contributed by atoms with Crippen molar-refractivity contribution in [1.29, 1.82) is 5.26 Å². The average Bonchev–Trinajstić information content (AvgIpc) is 2.19. The van der Waals surface area contributed by atoms with Crippen LogP contribution < -0.4 is 0 Å². The summed E-state index contributed by atoms with van der Waals surface area (Å²) >= 11 is 0. The van der Waals surface area contributed by atoms with Crippen molar-refractivity contribution in [3.8, 4) is 6.07 Å². The summed E-state index contributed by atoms with van der Waals surface area (Å²) in [7, 11) is 1.49. The van der Waals surface area contributed by atoms with Crippen molar-refractivity contribution in [2.75, 3.05) is 7.11 Å². The average molecular weight is 189 g/mol. The third kappa shape index (κ3) is 2.18. The molecule has 14 heavy (non-hydrogen) atoms. The van der Waals surface area contributed by atoms with Crippen LogP contribution in [0, 0.1) is 11.3 Å². The van der Waals surface area contributed by atoms with Gasteiger partial charge in [0.1, 0.15) is 6.10 Å². The number of Topliss-reactive ketones (excluding diaryl/α,β-unsaturated/α-hetero) is 1. The van der Waals surface area contributed by atoms with E-state index in [1.165, 1.54) is 14.0 Å². The zero-order valence-electron chi connectivity index (χ0n) is 8.15. The Morgan fingerprint density at radius 2 is 2.00 bits per heavy atom. The van der Waals surface area contributed by atoms with Gasteiger partial charge < -0.3 is 4.74 Å². The van der Waals surface area contributed by atoms with Gasteiger partial charge in [-0.15, -0.1) is 0 Å². The summed E-state index contributed by atoms with van der Waals surface area (Å²) in [6, 6.07) is 8.82. The Morgan fingerprint density at radius 3 is 2.36 bits per heavy atom. The van der Waals surface area contributed by atoms with E-state index in [0.717, 1.165) is 5.56 Å². The summed E-state index contributed by atoms with van der Waals surface area (Å²) in [6.45, 7) is 1.48. The fraction of sp³-hybridized carbons (Fsp3) is 0.273. The van der Waals surface area contributed by atoms with Crippen molar-refractivity contribution in [2.45, 2.75) is 13.0 Å². The Balaban J connectivity index is 2.96. The molecule has 0 bridgehead atoms. The Kier molecular flexibility index (Phi) is 3.38. The summed E-state index contributed by atoms with van der Waals surface area (Å²) < 4.78 is 5.04. The molecule has 0 fully saturated rings. The summed E-state index contributed by atoms with van der Waals surface area (Å²) in [6.07, 6.45) is -0.525. The van der Waals surface area contributed by atoms with Gasteiger partial charge in [0.05, 0.1) is 11.6 Å². The van der Waals surface area contributed by atoms with Crippen molar-refractivity contribution >= 4 is 5.78 Å². The van der Waals surface area contributed by atoms with E-state index in [-0.39, 0.29) is 5.78 Å². The van der Waals surface area contributed by atoms with E-state index in [2.05, 4.69) is 0 Å². The van der Waals surface area contributed by atoms with Gasteiger partial charge in [0.2, 0.25) is 0 Å². The number of hydrogen-bond acceptors (Lipinski definition) is 3. The molecule has 0 aliphatic carbocycles. The molecule has 1 unspecified atom stereocenters. The van der Waals surface area contributed by atoms with Gasteiger partial charge in [-0.25, -0.2) is 0 Å². The molecule has 0 amide bonds.